The Morgan fingerprint density at radius 2 is 1.43 bits per heavy atom. The fourth-order valence-corrected chi connectivity index (χ4v) is 2.79. The van der Waals surface area contributed by atoms with E-state index in [0.717, 1.165) is 5.56 Å². The molecule has 0 radical (unpaired) electrons. The largest absolute Gasteiger partial charge is 0.480 e. The van der Waals surface area contributed by atoms with Gasteiger partial charge in [-0.3, -0.25) is 0 Å². The van der Waals surface area contributed by atoms with Gasteiger partial charge in [-0.2, -0.15) is 0 Å². The molecule has 21 heavy (non-hydrogen) atoms. The number of carboxylic acids is 2. The van der Waals surface area contributed by atoms with E-state index < -0.39 is 24.0 Å². The Labute approximate surface area is 124 Å². The van der Waals surface area contributed by atoms with E-state index in [1.54, 1.807) is 0 Å². The second kappa shape index (κ2) is 5.39. The molecule has 1 aromatic rings. The summed E-state index contributed by atoms with van der Waals surface area (Å²) in [7, 11) is 0. The maximum absolute atomic E-state index is 11.3. The highest BCUT2D eigenvalue weighted by atomic mass is 16.4. The Morgan fingerprint density at radius 3 is 1.76 bits per heavy atom. The minimum absolute atomic E-state index is 0.00192. The standard InChI is InChI=1S/C16H21NO4/c1-16(2,3)10-4-6-11(7-5-10)17-12(14(18)19)8-9-13(17)15(20)21/h4-7,12-13H,8-9H2,1-3H3,(H,18,19)(H,20,21)/t12-,13-/m0/s1. The van der Waals surface area contributed by atoms with Crippen molar-refractivity contribution < 1.29 is 19.8 Å². The topological polar surface area (TPSA) is 77.8 Å². The molecule has 0 unspecified atom stereocenters. The van der Waals surface area contributed by atoms with E-state index in [-0.39, 0.29) is 5.41 Å². The third-order valence-corrected chi connectivity index (χ3v) is 3.99. The van der Waals surface area contributed by atoms with Crippen LogP contribution in [0.5, 0.6) is 0 Å². The Balaban J connectivity index is 2.36. The zero-order valence-electron chi connectivity index (χ0n) is 12.5. The van der Waals surface area contributed by atoms with Crippen LogP contribution in [0.15, 0.2) is 24.3 Å². The van der Waals surface area contributed by atoms with E-state index in [1.807, 2.05) is 24.3 Å². The average molecular weight is 291 g/mol. The van der Waals surface area contributed by atoms with Crippen LogP contribution in [0.3, 0.4) is 0 Å². The van der Waals surface area contributed by atoms with E-state index >= 15 is 0 Å². The highest BCUT2D eigenvalue weighted by Crippen LogP contribution is 2.32. The number of aliphatic carboxylic acids is 2. The molecule has 0 spiro atoms. The molecule has 2 rings (SSSR count). The normalized spacial score (nSPS) is 22.3. The van der Waals surface area contributed by atoms with Crippen LogP contribution < -0.4 is 4.90 Å². The van der Waals surface area contributed by atoms with E-state index in [9.17, 15) is 19.8 Å². The number of hydrogen-bond donors (Lipinski definition) is 2. The first-order valence-corrected chi connectivity index (χ1v) is 7.06. The van der Waals surface area contributed by atoms with Crippen LogP contribution in [0.4, 0.5) is 5.69 Å². The molecule has 1 fully saturated rings. The van der Waals surface area contributed by atoms with Crippen molar-refractivity contribution in [2.75, 3.05) is 4.90 Å². The summed E-state index contributed by atoms with van der Waals surface area (Å²) in [4.78, 5) is 24.2. The summed E-state index contributed by atoms with van der Waals surface area (Å²) in [6, 6.07) is 5.96. The predicted molar refractivity (Wildman–Crippen MR) is 79.7 cm³/mol. The molecule has 1 aliphatic heterocycles. The summed E-state index contributed by atoms with van der Waals surface area (Å²) in [6.07, 6.45) is 0.709. The Kier molecular flexibility index (Phi) is 3.94. The molecule has 5 heteroatoms. The first-order valence-electron chi connectivity index (χ1n) is 7.06. The number of anilines is 1. The van der Waals surface area contributed by atoms with E-state index in [2.05, 4.69) is 20.8 Å². The Morgan fingerprint density at radius 1 is 1.00 bits per heavy atom. The number of carboxylic acid groups (broad SMARTS) is 2. The average Bonchev–Trinajstić information content (AvgIpc) is 2.82. The molecule has 2 atom stereocenters. The molecule has 1 saturated heterocycles. The minimum atomic E-state index is -0.973. The van der Waals surface area contributed by atoms with Gasteiger partial charge >= 0.3 is 11.9 Å². The van der Waals surface area contributed by atoms with Crippen molar-refractivity contribution in [3.05, 3.63) is 29.8 Å². The summed E-state index contributed by atoms with van der Waals surface area (Å²) in [5, 5.41) is 18.6. The van der Waals surface area contributed by atoms with Gasteiger partial charge in [0.15, 0.2) is 0 Å². The van der Waals surface area contributed by atoms with Crippen molar-refractivity contribution in [2.45, 2.75) is 51.1 Å². The maximum Gasteiger partial charge on any atom is 0.326 e. The lowest BCUT2D eigenvalue weighted by atomic mass is 9.87. The van der Waals surface area contributed by atoms with Crippen molar-refractivity contribution in [3.63, 3.8) is 0 Å². The summed E-state index contributed by atoms with van der Waals surface area (Å²) < 4.78 is 0. The number of hydrogen-bond acceptors (Lipinski definition) is 3. The number of carbonyl (C=O) groups is 2. The van der Waals surface area contributed by atoms with Crippen molar-refractivity contribution in [3.8, 4) is 0 Å². The van der Waals surface area contributed by atoms with Crippen molar-refractivity contribution in [1.29, 1.82) is 0 Å². The van der Waals surface area contributed by atoms with Crippen molar-refractivity contribution in [2.24, 2.45) is 0 Å². The Hall–Kier alpha value is -2.04. The molecular weight excluding hydrogens is 270 g/mol. The van der Waals surface area contributed by atoms with Gasteiger partial charge in [0.05, 0.1) is 0 Å². The van der Waals surface area contributed by atoms with E-state index in [4.69, 9.17) is 0 Å². The summed E-state index contributed by atoms with van der Waals surface area (Å²) >= 11 is 0. The second-order valence-electron chi connectivity index (χ2n) is 6.49. The highest BCUT2D eigenvalue weighted by Gasteiger charge is 2.41. The molecule has 2 N–H and O–H groups in total. The van der Waals surface area contributed by atoms with Gasteiger partial charge in [0, 0.05) is 5.69 Å². The molecule has 0 saturated carbocycles. The summed E-state index contributed by atoms with van der Waals surface area (Å²) in [5.74, 6) is -1.95. The van der Waals surface area contributed by atoms with Crippen LogP contribution in [0.2, 0.25) is 0 Å². The third-order valence-electron chi connectivity index (χ3n) is 3.99. The number of rotatable bonds is 3. The van der Waals surface area contributed by atoms with Gasteiger partial charge in [0.25, 0.3) is 0 Å². The quantitative estimate of drug-likeness (QED) is 0.894. The number of benzene rings is 1. The van der Waals surface area contributed by atoms with Crippen LogP contribution in [0.1, 0.15) is 39.2 Å². The molecule has 5 nitrogen and oxygen atoms in total. The molecule has 1 aliphatic rings. The van der Waals surface area contributed by atoms with Crippen LogP contribution >= 0.6 is 0 Å². The molecule has 1 aromatic carbocycles. The van der Waals surface area contributed by atoms with Gasteiger partial charge in [0.2, 0.25) is 0 Å². The van der Waals surface area contributed by atoms with Crippen molar-refractivity contribution >= 4 is 17.6 Å². The van der Waals surface area contributed by atoms with E-state index in [1.165, 1.54) is 4.90 Å². The lowest BCUT2D eigenvalue weighted by Crippen LogP contribution is -2.44. The van der Waals surface area contributed by atoms with Gasteiger partial charge in [0.1, 0.15) is 12.1 Å². The Bertz CT molecular complexity index is 522. The number of nitrogens with zero attached hydrogens (tertiary/aromatic N) is 1. The van der Waals surface area contributed by atoms with Crippen molar-refractivity contribution in [1.82, 2.24) is 0 Å². The molecule has 0 aromatic heterocycles. The monoisotopic (exact) mass is 291 g/mol. The molecule has 0 amide bonds. The zero-order chi connectivity index (χ0) is 15.8. The zero-order valence-corrected chi connectivity index (χ0v) is 12.5. The van der Waals surface area contributed by atoms with Gasteiger partial charge in [-0.1, -0.05) is 32.9 Å². The summed E-state index contributed by atoms with van der Waals surface area (Å²) in [5.41, 5.74) is 1.78. The lowest BCUT2D eigenvalue weighted by Gasteiger charge is -2.29. The first-order chi connectivity index (χ1) is 9.71. The predicted octanol–water partition coefficient (Wildman–Crippen LogP) is 2.49. The van der Waals surface area contributed by atoms with Gasteiger partial charge in [-0.15, -0.1) is 0 Å². The molecule has 0 bridgehead atoms. The summed E-state index contributed by atoms with van der Waals surface area (Å²) in [6.45, 7) is 6.29. The van der Waals surface area contributed by atoms with Gasteiger partial charge in [-0.05, 0) is 36.0 Å². The van der Waals surface area contributed by atoms with Crippen LogP contribution in [-0.2, 0) is 15.0 Å². The molecular formula is C16H21NO4. The van der Waals surface area contributed by atoms with Crippen LogP contribution in [0.25, 0.3) is 0 Å². The first kappa shape index (κ1) is 15.4. The smallest absolute Gasteiger partial charge is 0.326 e. The molecule has 0 aliphatic carbocycles. The fraction of sp³-hybridized carbons (Fsp3) is 0.500. The van der Waals surface area contributed by atoms with E-state index in [0.29, 0.717) is 18.5 Å². The second-order valence-corrected chi connectivity index (χ2v) is 6.49. The van der Waals surface area contributed by atoms with Crippen LogP contribution in [0, 0.1) is 0 Å². The molecule has 1 heterocycles. The highest BCUT2D eigenvalue weighted by molar-refractivity contribution is 5.86. The van der Waals surface area contributed by atoms with Gasteiger partial charge < -0.3 is 15.1 Å². The molecule has 114 valence electrons. The van der Waals surface area contributed by atoms with Crippen LogP contribution in [-0.4, -0.2) is 34.2 Å². The fourth-order valence-electron chi connectivity index (χ4n) is 2.79. The van der Waals surface area contributed by atoms with Gasteiger partial charge in [-0.25, -0.2) is 9.59 Å². The SMILES string of the molecule is CC(C)(C)c1ccc(N2[C@H](C(=O)O)CC[C@H]2C(=O)O)cc1. The maximum atomic E-state index is 11.3. The minimum Gasteiger partial charge on any atom is -0.480 e. The lowest BCUT2D eigenvalue weighted by molar-refractivity contribution is -0.139. The third kappa shape index (κ3) is 3.01.